The van der Waals surface area contributed by atoms with Gasteiger partial charge in [0.1, 0.15) is 0 Å². The van der Waals surface area contributed by atoms with Crippen LogP contribution < -0.4 is 0 Å². The Balaban J connectivity index is 3.01. The molecule has 0 aromatic rings. The van der Waals surface area contributed by atoms with E-state index in [9.17, 15) is 4.79 Å². The summed E-state index contributed by atoms with van der Waals surface area (Å²) in [6.07, 6.45) is 5.32. The molecule has 0 spiro atoms. The van der Waals surface area contributed by atoms with E-state index in [4.69, 9.17) is 4.43 Å². The van der Waals surface area contributed by atoms with E-state index in [1.807, 2.05) is 0 Å². The van der Waals surface area contributed by atoms with Gasteiger partial charge in [0.2, 0.25) is 0 Å². The SMILES string of the molecule is CC(C)(C)[Si](C)(C)OC1(CC#CC=O)CCC=C1Br. The van der Waals surface area contributed by atoms with Crippen molar-refractivity contribution < 1.29 is 9.22 Å². The van der Waals surface area contributed by atoms with Gasteiger partial charge in [-0.3, -0.25) is 4.79 Å². The van der Waals surface area contributed by atoms with Crippen LogP contribution in [-0.2, 0) is 9.22 Å². The van der Waals surface area contributed by atoms with Crippen LogP contribution in [0.2, 0.25) is 18.1 Å². The molecule has 106 valence electrons. The van der Waals surface area contributed by atoms with Gasteiger partial charge in [0, 0.05) is 10.9 Å². The second kappa shape index (κ2) is 5.95. The van der Waals surface area contributed by atoms with E-state index in [1.54, 1.807) is 0 Å². The normalized spacial score (nSPS) is 23.6. The van der Waals surface area contributed by atoms with E-state index >= 15 is 0 Å². The third-order valence-corrected chi connectivity index (χ3v) is 9.66. The highest BCUT2D eigenvalue weighted by Gasteiger charge is 2.46. The molecule has 0 heterocycles. The predicted octanol–water partition coefficient (Wildman–Crippen LogP) is 4.41. The van der Waals surface area contributed by atoms with Crippen molar-refractivity contribution in [2.24, 2.45) is 0 Å². The van der Waals surface area contributed by atoms with Crippen LogP contribution in [0.1, 0.15) is 40.0 Å². The summed E-state index contributed by atoms with van der Waals surface area (Å²) in [6, 6.07) is 0. The number of hydrogen-bond donors (Lipinski definition) is 0. The van der Waals surface area contributed by atoms with Crippen molar-refractivity contribution in [2.75, 3.05) is 0 Å². The Hall–Kier alpha value is -0.373. The molecule has 1 aliphatic carbocycles. The number of carbonyl (C=O) groups is 1. The van der Waals surface area contributed by atoms with Gasteiger partial charge in [-0.15, -0.1) is 0 Å². The van der Waals surface area contributed by atoms with E-state index in [0.717, 1.165) is 17.3 Å². The van der Waals surface area contributed by atoms with E-state index in [0.29, 0.717) is 12.7 Å². The van der Waals surface area contributed by atoms with Crippen LogP contribution in [0.3, 0.4) is 0 Å². The minimum absolute atomic E-state index is 0.161. The third kappa shape index (κ3) is 3.81. The van der Waals surface area contributed by atoms with Gasteiger partial charge in [-0.25, -0.2) is 0 Å². The first-order valence-electron chi connectivity index (χ1n) is 6.63. The van der Waals surface area contributed by atoms with Gasteiger partial charge >= 0.3 is 0 Å². The highest BCUT2D eigenvalue weighted by atomic mass is 79.9. The van der Waals surface area contributed by atoms with Crippen LogP contribution in [0, 0.1) is 11.8 Å². The van der Waals surface area contributed by atoms with Gasteiger partial charge in [0.25, 0.3) is 0 Å². The Morgan fingerprint density at radius 1 is 1.53 bits per heavy atom. The average Bonchev–Trinajstić information content (AvgIpc) is 2.59. The maximum atomic E-state index is 10.4. The smallest absolute Gasteiger partial charge is 0.193 e. The Morgan fingerprint density at radius 2 is 2.16 bits per heavy atom. The Bertz CT molecular complexity index is 437. The summed E-state index contributed by atoms with van der Waals surface area (Å²) in [4.78, 5) is 10.4. The summed E-state index contributed by atoms with van der Waals surface area (Å²) < 4.78 is 7.70. The van der Waals surface area contributed by atoms with Crippen molar-refractivity contribution in [3.8, 4) is 11.8 Å². The number of halogens is 1. The monoisotopic (exact) mass is 342 g/mol. The lowest BCUT2D eigenvalue weighted by atomic mass is 10.00. The summed E-state index contributed by atoms with van der Waals surface area (Å²) in [5.74, 6) is 5.43. The molecule has 0 radical (unpaired) electrons. The molecule has 2 nitrogen and oxygen atoms in total. The molecule has 0 aliphatic heterocycles. The minimum Gasteiger partial charge on any atom is -0.406 e. The first kappa shape index (κ1) is 16.7. The summed E-state index contributed by atoms with van der Waals surface area (Å²) >= 11 is 3.64. The highest BCUT2D eigenvalue weighted by Crippen LogP contribution is 2.47. The van der Waals surface area contributed by atoms with Crippen LogP contribution in [0.25, 0.3) is 0 Å². The highest BCUT2D eigenvalue weighted by molar-refractivity contribution is 9.11. The summed E-state index contributed by atoms with van der Waals surface area (Å²) in [5.41, 5.74) is -0.348. The fraction of sp³-hybridized carbons (Fsp3) is 0.667. The van der Waals surface area contributed by atoms with Crippen molar-refractivity contribution in [1.82, 2.24) is 0 Å². The van der Waals surface area contributed by atoms with Gasteiger partial charge in [0.05, 0.1) is 5.60 Å². The van der Waals surface area contributed by atoms with Gasteiger partial charge in [-0.1, -0.05) is 48.7 Å². The zero-order valence-electron chi connectivity index (χ0n) is 12.5. The third-order valence-electron chi connectivity index (χ3n) is 4.10. The molecule has 1 unspecified atom stereocenters. The summed E-state index contributed by atoms with van der Waals surface area (Å²) in [7, 11) is -1.87. The quantitative estimate of drug-likeness (QED) is 0.431. The van der Waals surface area contributed by atoms with Crippen molar-refractivity contribution in [2.45, 2.75) is 63.8 Å². The van der Waals surface area contributed by atoms with Gasteiger partial charge in [-0.2, -0.15) is 0 Å². The summed E-state index contributed by atoms with van der Waals surface area (Å²) in [6.45, 7) is 11.2. The lowest BCUT2D eigenvalue weighted by Crippen LogP contribution is -2.49. The van der Waals surface area contributed by atoms with E-state index < -0.39 is 8.32 Å². The predicted molar refractivity (Wildman–Crippen MR) is 85.7 cm³/mol. The van der Waals surface area contributed by atoms with Crippen LogP contribution in [0.4, 0.5) is 0 Å². The van der Waals surface area contributed by atoms with Gasteiger partial charge in [-0.05, 0) is 36.9 Å². The molecule has 0 amide bonds. The molecule has 0 N–H and O–H groups in total. The van der Waals surface area contributed by atoms with Crippen LogP contribution in [0.5, 0.6) is 0 Å². The molecule has 0 aromatic carbocycles. The maximum absolute atomic E-state index is 10.4. The van der Waals surface area contributed by atoms with E-state index in [-0.39, 0.29) is 10.6 Å². The fourth-order valence-electron chi connectivity index (χ4n) is 1.92. The second-order valence-corrected chi connectivity index (χ2v) is 12.1. The van der Waals surface area contributed by atoms with E-state index in [1.165, 1.54) is 0 Å². The Kier molecular flexibility index (Phi) is 5.22. The first-order valence-corrected chi connectivity index (χ1v) is 10.3. The second-order valence-electron chi connectivity index (χ2n) is 6.56. The van der Waals surface area contributed by atoms with Crippen molar-refractivity contribution in [1.29, 1.82) is 0 Å². The topological polar surface area (TPSA) is 26.3 Å². The molecule has 1 aliphatic rings. The molecule has 0 saturated carbocycles. The Morgan fingerprint density at radius 3 is 2.58 bits per heavy atom. The number of hydrogen-bond acceptors (Lipinski definition) is 2. The molecule has 1 rings (SSSR count). The van der Waals surface area contributed by atoms with Crippen LogP contribution in [0.15, 0.2) is 10.6 Å². The molecular weight excluding hydrogens is 320 g/mol. The number of rotatable bonds is 3. The molecule has 0 aromatic heterocycles. The van der Waals surface area contributed by atoms with Crippen molar-refractivity contribution in [3.05, 3.63) is 10.6 Å². The fourth-order valence-corrected chi connectivity index (χ4v) is 4.29. The van der Waals surface area contributed by atoms with Gasteiger partial charge in [0.15, 0.2) is 14.6 Å². The lowest BCUT2D eigenvalue weighted by molar-refractivity contribution is -0.103. The van der Waals surface area contributed by atoms with Crippen molar-refractivity contribution >= 4 is 30.5 Å². The van der Waals surface area contributed by atoms with E-state index in [2.05, 4.69) is 67.7 Å². The van der Waals surface area contributed by atoms with Crippen LogP contribution >= 0.6 is 15.9 Å². The molecular formula is C15H23BrO2Si. The maximum Gasteiger partial charge on any atom is 0.193 e. The zero-order chi connectivity index (χ0) is 14.7. The number of allylic oxidation sites excluding steroid dienone is 1. The van der Waals surface area contributed by atoms with Crippen molar-refractivity contribution in [3.63, 3.8) is 0 Å². The minimum atomic E-state index is -1.87. The van der Waals surface area contributed by atoms with Gasteiger partial charge < -0.3 is 4.43 Å². The average molecular weight is 343 g/mol. The zero-order valence-corrected chi connectivity index (χ0v) is 15.1. The first-order chi connectivity index (χ1) is 8.65. The molecule has 0 fully saturated rings. The summed E-state index contributed by atoms with van der Waals surface area (Å²) in [5, 5.41) is 0.161. The molecule has 0 saturated heterocycles. The standard InChI is InChI=1S/C15H23BrO2Si/c1-14(2,3)19(4,5)18-15(10-6-7-12-17)11-8-9-13(15)16/h9,12H,8,10-11H2,1-5H3. The number of aldehydes is 1. The Labute approximate surface area is 126 Å². The largest absolute Gasteiger partial charge is 0.406 e. The molecule has 1 atom stereocenters. The molecule has 4 heteroatoms. The number of carbonyl (C=O) groups excluding carboxylic acids is 1. The molecule has 0 bridgehead atoms. The lowest BCUT2D eigenvalue weighted by Gasteiger charge is -2.44. The molecule has 19 heavy (non-hydrogen) atoms. The van der Waals surface area contributed by atoms with Crippen LogP contribution in [-0.4, -0.2) is 20.2 Å².